The van der Waals surface area contributed by atoms with Crippen LogP contribution in [-0.4, -0.2) is 21.4 Å². The maximum absolute atomic E-state index is 11.7. The molecule has 0 unspecified atom stereocenters. The van der Waals surface area contributed by atoms with Crippen LogP contribution in [0.15, 0.2) is 41.2 Å². The second-order valence-electron chi connectivity index (χ2n) is 4.09. The molecule has 0 saturated carbocycles. The molecular formula is C14H15NO3. The molecule has 0 radical (unpaired) electrons. The molecule has 1 aromatic carbocycles. The van der Waals surface area contributed by atoms with Crippen LogP contribution < -0.4 is 5.56 Å². The number of hydrogen-bond donors (Lipinski definition) is 2. The van der Waals surface area contributed by atoms with Crippen molar-refractivity contribution < 1.29 is 10.2 Å². The molecular weight excluding hydrogens is 230 g/mol. The van der Waals surface area contributed by atoms with Crippen molar-refractivity contribution in [3.05, 3.63) is 52.4 Å². The first-order chi connectivity index (χ1) is 8.63. The Bertz CT molecular complexity index is 599. The fraction of sp³-hybridized carbons (Fsp3) is 0.214. The van der Waals surface area contributed by atoms with Crippen molar-refractivity contribution in [1.29, 1.82) is 0 Å². The van der Waals surface area contributed by atoms with Gasteiger partial charge in [0.1, 0.15) is 5.75 Å². The van der Waals surface area contributed by atoms with Gasteiger partial charge in [0.15, 0.2) is 0 Å². The molecule has 4 nitrogen and oxygen atoms in total. The molecule has 0 amide bonds. The van der Waals surface area contributed by atoms with Gasteiger partial charge in [-0.1, -0.05) is 12.1 Å². The Labute approximate surface area is 105 Å². The number of aromatic nitrogens is 1. The summed E-state index contributed by atoms with van der Waals surface area (Å²) in [5.41, 5.74) is 2.53. The van der Waals surface area contributed by atoms with E-state index in [9.17, 15) is 9.90 Å². The molecule has 0 aliphatic heterocycles. The predicted octanol–water partition coefficient (Wildman–Crippen LogP) is 1.52. The summed E-state index contributed by atoms with van der Waals surface area (Å²) in [5, 5.41) is 18.2. The van der Waals surface area contributed by atoms with Crippen LogP contribution in [0.5, 0.6) is 5.75 Å². The third-order valence-electron chi connectivity index (χ3n) is 2.96. The first-order valence-electron chi connectivity index (χ1n) is 5.74. The van der Waals surface area contributed by atoms with Crippen LogP contribution in [-0.2, 0) is 6.54 Å². The van der Waals surface area contributed by atoms with E-state index < -0.39 is 0 Å². The smallest absolute Gasteiger partial charge is 0.250 e. The van der Waals surface area contributed by atoms with Crippen LogP contribution in [0, 0.1) is 6.92 Å². The molecule has 1 aromatic heterocycles. The van der Waals surface area contributed by atoms with E-state index in [0.29, 0.717) is 0 Å². The number of aliphatic hydroxyl groups excluding tert-OH is 1. The average Bonchev–Trinajstić information content (AvgIpc) is 2.36. The Kier molecular flexibility index (Phi) is 3.48. The molecule has 18 heavy (non-hydrogen) atoms. The van der Waals surface area contributed by atoms with Gasteiger partial charge in [0.05, 0.1) is 6.61 Å². The molecule has 2 rings (SSSR count). The van der Waals surface area contributed by atoms with Crippen LogP contribution in [0.3, 0.4) is 0 Å². The minimum Gasteiger partial charge on any atom is -0.508 e. The number of nitrogens with zero attached hydrogens (tertiary/aromatic N) is 1. The quantitative estimate of drug-likeness (QED) is 0.861. The van der Waals surface area contributed by atoms with E-state index in [1.807, 2.05) is 6.92 Å². The lowest BCUT2D eigenvalue weighted by Gasteiger charge is -2.13. The van der Waals surface area contributed by atoms with Crippen LogP contribution in [0.25, 0.3) is 11.1 Å². The van der Waals surface area contributed by atoms with E-state index in [0.717, 1.165) is 16.8 Å². The molecule has 0 aliphatic rings. The van der Waals surface area contributed by atoms with Crippen LogP contribution in [0.4, 0.5) is 0 Å². The monoisotopic (exact) mass is 245 g/mol. The van der Waals surface area contributed by atoms with Gasteiger partial charge in [0, 0.05) is 23.9 Å². The van der Waals surface area contributed by atoms with E-state index in [-0.39, 0.29) is 24.5 Å². The standard InChI is InChI=1S/C14H15NO3/c1-10-13(11-2-4-12(17)5-3-11)6-7-14(18)15(10)8-9-16/h2-7,16-17H,8-9H2,1H3. The normalized spacial score (nSPS) is 10.6. The summed E-state index contributed by atoms with van der Waals surface area (Å²) in [6.07, 6.45) is 0. The molecule has 94 valence electrons. The first-order valence-corrected chi connectivity index (χ1v) is 5.74. The summed E-state index contributed by atoms with van der Waals surface area (Å²) in [5.74, 6) is 0.208. The molecule has 0 fully saturated rings. The minimum absolute atomic E-state index is 0.0697. The average molecular weight is 245 g/mol. The Morgan fingerprint density at radius 3 is 2.39 bits per heavy atom. The van der Waals surface area contributed by atoms with Crippen molar-refractivity contribution >= 4 is 0 Å². The Morgan fingerprint density at radius 1 is 1.11 bits per heavy atom. The second-order valence-corrected chi connectivity index (χ2v) is 4.09. The first kappa shape index (κ1) is 12.4. The van der Waals surface area contributed by atoms with E-state index in [1.165, 1.54) is 6.07 Å². The van der Waals surface area contributed by atoms with Crippen LogP contribution in [0.2, 0.25) is 0 Å². The van der Waals surface area contributed by atoms with Crippen molar-refractivity contribution in [2.45, 2.75) is 13.5 Å². The highest BCUT2D eigenvalue weighted by Crippen LogP contribution is 2.23. The van der Waals surface area contributed by atoms with Crippen LogP contribution in [0.1, 0.15) is 5.69 Å². The molecule has 1 heterocycles. The third-order valence-corrected chi connectivity index (χ3v) is 2.96. The number of hydrogen-bond acceptors (Lipinski definition) is 3. The Morgan fingerprint density at radius 2 is 1.78 bits per heavy atom. The van der Waals surface area contributed by atoms with E-state index in [1.54, 1.807) is 34.9 Å². The van der Waals surface area contributed by atoms with Crippen molar-refractivity contribution in [1.82, 2.24) is 4.57 Å². The lowest BCUT2D eigenvalue weighted by molar-refractivity contribution is 0.273. The van der Waals surface area contributed by atoms with Gasteiger partial charge in [-0.05, 0) is 30.7 Å². The fourth-order valence-electron chi connectivity index (χ4n) is 2.00. The zero-order valence-corrected chi connectivity index (χ0v) is 10.1. The zero-order valence-electron chi connectivity index (χ0n) is 10.1. The maximum atomic E-state index is 11.7. The highest BCUT2D eigenvalue weighted by Gasteiger charge is 2.07. The van der Waals surface area contributed by atoms with Gasteiger partial charge in [0.25, 0.3) is 5.56 Å². The van der Waals surface area contributed by atoms with Crippen molar-refractivity contribution in [3.63, 3.8) is 0 Å². The molecule has 2 aromatic rings. The summed E-state index contributed by atoms with van der Waals surface area (Å²) >= 11 is 0. The fourth-order valence-corrected chi connectivity index (χ4v) is 2.00. The molecule has 4 heteroatoms. The topological polar surface area (TPSA) is 62.5 Å². The number of aliphatic hydroxyl groups is 1. The van der Waals surface area contributed by atoms with Crippen molar-refractivity contribution in [2.75, 3.05) is 6.61 Å². The highest BCUT2D eigenvalue weighted by molar-refractivity contribution is 5.66. The Hall–Kier alpha value is -2.07. The summed E-state index contributed by atoms with van der Waals surface area (Å²) in [6, 6.07) is 10.1. The molecule has 0 spiro atoms. The van der Waals surface area contributed by atoms with Crippen LogP contribution >= 0.6 is 0 Å². The number of benzene rings is 1. The molecule has 0 saturated heterocycles. The summed E-state index contributed by atoms with van der Waals surface area (Å²) in [6.45, 7) is 2.07. The Balaban J connectivity index is 2.55. The van der Waals surface area contributed by atoms with Gasteiger partial charge in [-0.3, -0.25) is 4.79 Å². The zero-order chi connectivity index (χ0) is 13.1. The molecule has 2 N–H and O–H groups in total. The van der Waals surface area contributed by atoms with Gasteiger partial charge >= 0.3 is 0 Å². The van der Waals surface area contributed by atoms with Crippen molar-refractivity contribution in [3.8, 4) is 16.9 Å². The SMILES string of the molecule is Cc1c(-c2ccc(O)cc2)ccc(=O)n1CCO. The molecule has 0 bridgehead atoms. The highest BCUT2D eigenvalue weighted by atomic mass is 16.3. The molecule has 0 aliphatic carbocycles. The number of phenolic OH excluding ortho intramolecular Hbond substituents is 1. The van der Waals surface area contributed by atoms with Gasteiger partial charge in [0.2, 0.25) is 0 Å². The third kappa shape index (κ3) is 2.28. The number of pyridine rings is 1. The van der Waals surface area contributed by atoms with Gasteiger partial charge in [-0.15, -0.1) is 0 Å². The minimum atomic E-state index is -0.121. The summed E-state index contributed by atoms with van der Waals surface area (Å²) < 4.78 is 1.54. The molecule has 0 atom stereocenters. The van der Waals surface area contributed by atoms with E-state index >= 15 is 0 Å². The summed E-state index contributed by atoms with van der Waals surface area (Å²) in [7, 11) is 0. The van der Waals surface area contributed by atoms with E-state index in [4.69, 9.17) is 5.11 Å². The van der Waals surface area contributed by atoms with Gasteiger partial charge in [-0.2, -0.15) is 0 Å². The van der Waals surface area contributed by atoms with E-state index in [2.05, 4.69) is 0 Å². The lowest BCUT2D eigenvalue weighted by atomic mass is 10.0. The number of phenols is 1. The second kappa shape index (κ2) is 5.06. The lowest BCUT2D eigenvalue weighted by Crippen LogP contribution is -2.23. The van der Waals surface area contributed by atoms with Crippen molar-refractivity contribution in [2.24, 2.45) is 0 Å². The number of aromatic hydroxyl groups is 1. The largest absolute Gasteiger partial charge is 0.508 e. The maximum Gasteiger partial charge on any atom is 0.250 e. The predicted molar refractivity (Wildman–Crippen MR) is 69.6 cm³/mol. The van der Waals surface area contributed by atoms with Gasteiger partial charge in [-0.25, -0.2) is 0 Å². The van der Waals surface area contributed by atoms with Gasteiger partial charge < -0.3 is 14.8 Å². The summed E-state index contributed by atoms with van der Waals surface area (Å²) in [4.78, 5) is 11.7. The number of rotatable bonds is 3.